The molecular formula is C17H13N3O4. The quantitative estimate of drug-likeness (QED) is 0.533. The Balaban J connectivity index is 2.00. The lowest BCUT2D eigenvalue weighted by molar-refractivity contribution is -0.384. The van der Waals surface area contributed by atoms with E-state index in [4.69, 9.17) is 0 Å². The minimum Gasteiger partial charge on any atom is -0.507 e. The number of para-hydroxylation sites is 1. The predicted molar refractivity (Wildman–Crippen MR) is 89.8 cm³/mol. The number of hydrogen-bond acceptors (Lipinski definition) is 5. The average Bonchev–Trinajstić information content (AvgIpc) is 2.85. The van der Waals surface area contributed by atoms with Gasteiger partial charge in [0.15, 0.2) is 0 Å². The SMILES string of the molecule is CC1=NN(c2ccccc2)C(=O)C1=Cc1cc([N+](=O)[O-])ccc1O. The van der Waals surface area contributed by atoms with Crippen molar-refractivity contribution in [3.8, 4) is 5.75 Å². The molecule has 0 atom stereocenters. The molecule has 0 spiro atoms. The Bertz CT molecular complexity index is 888. The molecule has 0 saturated carbocycles. The number of rotatable bonds is 3. The van der Waals surface area contributed by atoms with Gasteiger partial charge in [-0.2, -0.15) is 10.1 Å². The normalized spacial score (nSPS) is 15.7. The van der Waals surface area contributed by atoms with Gasteiger partial charge in [0.05, 0.1) is 21.9 Å². The second kappa shape index (κ2) is 5.96. The maximum Gasteiger partial charge on any atom is 0.280 e. The molecule has 0 aliphatic carbocycles. The zero-order chi connectivity index (χ0) is 17.3. The fourth-order valence-corrected chi connectivity index (χ4v) is 2.36. The van der Waals surface area contributed by atoms with Crippen molar-refractivity contribution in [1.29, 1.82) is 0 Å². The molecule has 0 radical (unpaired) electrons. The smallest absolute Gasteiger partial charge is 0.280 e. The summed E-state index contributed by atoms with van der Waals surface area (Å²) in [7, 11) is 0. The lowest BCUT2D eigenvalue weighted by atomic mass is 10.1. The molecule has 2 aromatic carbocycles. The van der Waals surface area contributed by atoms with E-state index in [0.717, 1.165) is 0 Å². The van der Waals surface area contributed by atoms with Gasteiger partial charge < -0.3 is 5.11 Å². The summed E-state index contributed by atoms with van der Waals surface area (Å²) in [6.07, 6.45) is 1.41. The Labute approximate surface area is 137 Å². The summed E-state index contributed by atoms with van der Waals surface area (Å²) < 4.78 is 0. The molecule has 2 aromatic rings. The molecular weight excluding hydrogens is 310 g/mol. The fourth-order valence-electron chi connectivity index (χ4n) is 2.36. The van der Waals surface area contributed by atoms with Crippen molar-refractivity contribution in [2.24, 2.45) is 5.10 Å². The molecule has 1 amide bonds. The highest BCUT2D eigenvalue weighted by atomic mass is 16.6. The molecule has 3 rings (SSSR count). The predicted octanol–water partition coefficient (Wildman–Crippen LogP) is 3.11. The first-order valence-electron chi connectivity index (χ1n) is 7.11. The number of nitro benzene ring substituents is 1. The lowest BCUT2D eigenvalue weighted by Gasteiger charge is -2.11. The van der Waals surface area contributed by atoms with Gasteiger partial charge in [-0.3, -0.25) is 14.9 Å². The molecule has 0 saturated heterocycles. The first kappa shape index (κ1) is 15.4. The van der Waals surface area contributed by atoms with Gasteiger partial charge in [0.1, 0.15) is 5.75 Å². The molecule has 120 valence electrons. The Morgan fingerprint density at radius 2 is 1.92 bits per heavy atom. The van der Waals surface area contributed by atoms with Crippen LogP contribution in [0.3, 0.4) is 0 Å². The molecule has 1 aliphatic rings. The van der Waals surface area contributed by atoms with E-state index in [9.17, 15) is 20.0 Å². The van der Waals surface area contributed by atoms with Gasteiger partial charge in [0.2, 0.25) is 0 Å². The third-order valence-corrected chi connectivity index (χ3v) is 3.59. The number of non-ortho nitro benzene ring substituents is 1. The molecule has 0 fully saturated rings. The standard InChI is InChI=1S/C17H13N3O4/c1-11-15(10-12-9-14(20(23)24)7-8-16(12)21)17(22)19(18-11)13-5-3-2-4-6-13/h2-10,21H,1H3. The number of benzene rings is 2. The van der Waals surface area contributed by atoms with Crippen LogP contribution in [-0.4, -0.2) is 21.6 Å². The number of anilines is 1. The Kier molecular flexibility index (Phi) is 3.83. The van der Waals surface area contributed by atoms with Crippen molar-refractivity contribution in [2.75, 3.05) is 5.01 Å². The van der Waals surface area contributed by atoms with Gasteiger partial charge in [-0.15, -0.1) is 0 Å². The molecule has 1 heterocycles. The van der Waals surface area contributed by atoms with Crippen LogP contribution < -0.4 is 5.01 Å². The van der Waals surface area contributed by atoms with Crippen molar-refractivity contribution >= 4 is 29.1 Å². The van der Waals surface area contributed by atoms with Crippen LogP contribution in [-0.2, 0) is 4.79 Å². The number of carbonyl (C=O) groups is 1. The zero-order valence-electron chi connectivity index (χ0n) is 12.7. The third-order valence-electron chi connectivity index (χ3n) is 3.59. The maximum atomic E-state index is 12.6. The van der Waals surface area contributed by atoms with E-state index >= 15 is 0 Å². The van der Waals surface area contributed by atoms with Crippen LogP contribution in [0.4, 0.5) is 11.4 Å². The number of nitrogens with zero attached hydrogens (tertiary/aromatic N) is 3. The zero-order valence-corrected chi connectivity index (χ0v) is 12.7. The number of phenols is 1. The van der Waals surface area contributed by atoms with Crippen LogP contribution in [0.15, 0.2) is 59.2 Å². The monoisotopic (exact) mass is 323 g/mol. The summed E-state index contributed by atoms with van der Waals surface area (Å²) >= 11 is 0. The molecule has 1 aliphatic heterocycles. The van der Waals surface area contributed by atoms with E-state index in [-0.39, 0.29) is 28.5 Å². The number of nitro groups is 1. The van der Waals surface area contributed by atoms with Crippen molar-refractivity contribution in [3.05, 3.63) is 69.8 Å². The van der Waals surface area contributed by atoms with Crippen LogP contribution in [0, 0.1) is 10.1 Å². The van der Waals surface area contributed by atoms with Gasteiger partial charge in [0, 0.05) is 17.7 Å². The Hall–Kier alpha value is -3.48. The largest absolute Gasteiger partial charge is 0.507 e. The van der Waals surface area contributed by atoms with Crippen molar-refractivity contribution < 1.29 is 14.8 Å². The van der Waals surface area contributed by atoms with Gasteiger partial charge in [-0.25, -0.2) is 0 Å². The highest BCUT2D eigenvalue weighted by molar-refractivity contribution is 6.32. The summed E-state index contributed by atoms with van der Waals surface area (Å²) in [6, 6.07) is 12.6. The summed E-state index contributed by atoms with van der Waals surface area (Å²) in [5.41, 5.74) is 1.38. The summed E-state index contributed by atoms with van der Waals surface area (Å²) in [4.78, 5) is 22.9. The van der Waals surface area contributed by atoms with Gasteiger partial charge in [0.25, 0.3) is 11.6 Å². The van der Waals surface area contributed by atoms with E-state index in [1.807, 2.05) is 6.07 Å². The second-order valence-electron chi connectivity index (χ2n) is 5.20. The summed E-state index contributed by atoms with van der Waals surface area (Å²) in [5.74, 6) is -0.503. The summed E-state index contributed by atoms with van der Waals surface area (Å²) in [5, 5.41) is 26.3. The first-order chi connectivity index (χ1) is 11.5. The number of carbonyl (C=O) groups excluding carboxylic acids is 1. The number of hydrazone groups is 1. The van der Waals surface area contributed by atoms with Crippen LogP contribution >= 0.6 is 0 Å². The molecule has 7 heteroatoms. The minimum atomic E-state index is -0.560. The highest BCUT2D eigenvalue weighted by Crippen LogP contribution is 2.29. The molecule has 0 unspecified atom stereocenters. The molecule has 0 aromatic heterocycles. The molecule has 0 bridgehead atoms. The van der Waals surface area contributed by atoms with Crippen LogP contribution in [0.25, 0.3) is 6.08 Å². The van der Waals surface area contributed by atoms with Gasteiger partial charge >= 0.3 is 0 Å². The number of hydrogen-bond donors (Lipinski definition) is 1. The molecule has 7 nitrogen and oxygen atoms in total. The van der Waals surface area contributed by atoms with Crippen molar-refractivity contribution in [1.82, 2.24) is 0 Å². The summed E-state index contributed by atoms with van der Waals surface area (Å²) in [6.45, 7) is 1.67. The average molecular weight is 323 g/mol. The molecule has 1 N–H and O–H groups in total. The topological polar surface area (TPSA) is 96.0 Å². The van der Waals surface area contributed by atoms with E-state index in [1.165, 1.54) is 29.3 Å². The minimum absolute atomic E-state index is 0.146. The third kappa shape index (κ3) is 2.74. The number of amides is 1. The maximum absolute atomic E-state index is 12.6. The van der Waals surface area contributed by atoms with E-state index in [1.54, 1.807) is 31.2 Å². The van der Waals surface area contributed by atoms with Crippen LogP contribution in [0.1, 0.15) is 12.5 Å². The van der Waals surface area contributed by atoms with E-state index in [2.05, 4.69) is 5.10 Å². The Morgan fingerprint density at radius 3 is 2.58 bits per heavy atom. The van der Waals surface area contributed by atoms with E-state index in [0.29, 0.717) is 11.4 Å². The highest BCUT2D eigenvalue weighted by Gasteiger charge is 2.29. The Morgan fingerprint density at radius 1 is 1.21 bits per heavy atom. The van der Waals surface area contributed by atoms with Crippen molar-refractivity contribution in [3.63, 3.8) is 0 Å². The second-order valence-corrected chi connectivity index (χ2v) is 5.20. The van der Waals surface area contributed by atoms with Gasteiger partial charge in [-0.05, 0) is 31.2 Å². The van der Waals surface area contributed by atoms with Crippen LogP contribution in [0.2, 0.25) is 0 Å². The van der Waals surface area contributed by atoms with Gasteiger partial charge in [-0.1, -0.05) is 18.2 Å². The lowest BCUT2D eigenvalue weighted by Crippen LogP contribution is -2.21. The number of aromatic hydroxyl groups is 1. The first-order valence-corrected chi connectivity index (χ1v) is 7.11. The molecule has 24 heavy (non-hydrogen) atoms. The van der Waals surface area contributed by atoms with E-state index < -0.39 is 4.92 Å². The van der Waals surface area contributed by atoms with Crippen LogP contribution in [0.5, 0.6) is 5.75 Å². The number of phenolic OH excluding ortho intramolecular Hbond substituents is 1. The van der Waals surface area contributed by atoms with Crippen molar-refractivity contribution in [2.45, 2.75) is 6.92 Å². The fraction of sp³-hybridized carbons (Fsp3) is 0.0588.